The van der Waals surface area contributed by atoms with E-state index in [9.17, 15) is 17.6 Å². The maximum absolute atomic E-state index is 13.1. The number of aryl methyl sites for hydroxylation is 1. The van der Waals surface area contributed by atoms with Crippen LogP contribution in [0.2, 0.25) is 0 Å². The number of benzene rings is 1. The maximum atomic E-state index is 13.1. The highest BCUT2D eigenvalue weighted by atomic mass is 32.2. The number of halogens is 1. The number of hydrogen-bond acceptors (Lipinski definition) is 4. The number of hydrogen-bond donors (Lipinski definition) is 1. The predicted octanol–water partition coefficient (Wildman–Crippen LogP) is 0.854. The zero-order valence-electron chi connectivity index (χ0n) is 11.6. The lowest BCUT2D eigenvalue weighted by Gasteiger charge is -2.26. The second kappa shape index (κ2) is 5.70. The standard InChI is InChI=1S/C13H16FNO5S/c1-8-5-9(14)3-4-12(8)21(18,19)15(2)11-7-20-6-10(11)13(16)17/h3-5,10-11H,6-7H2,1-2H3,(H,16,17). The first kappa shape index (κ1) is 15.9. The molecule has 0 spiro atoms. The number of carboxylic acids is 1. The van der Waals surface area contributed by atoms with Gasteiger partial charge in [-0.3, -0.25) is 4.79 Å². The Bertz CT molecular complexity index is 661. The van der Waals surface area contributed by atoms with Crippen LogP contribution in [0.1, 0.15) is 5.56 Å². The smallest absolute Gasteiger partial charge is 0.310 e. The fourth-order valence-corrected chi connectivity index (χ4v) is 3.95. The van der Waals surface area contributed by atoms with Gasteiger partial charge < -0.3 is 9.84 Å². The van der Waals surface area contributed by atoms with Crippen LogP contribution in [0.15, 0.2) is 23.1 Å². The Balaban J connectivity index is 2.37. The average molecular weight is 317 g/mol. The van der Waals surface area contributed by atoms with Gasteiger partial charge in [-0.05, 0) is 30.7 Å². The molecule has 1 aliphatic heterocycles. The van der Waals surface area contributed by atoms with Crippen molar-refractivity contribution in [3.05, 3.63) is 29.6 Å². The van der Waals surface area contributed by atoms with E-state index in [0.717, 1.165) is 16.4 Å². The Hall–Kier alpha value is -1.51. The molecule has 8 heteroatoms. The number of carbonyl (C=O) groups is 1. The van der Waals surface area contributed by atoms with Crippen molar-refractivity contribution in [1.82, 2.24) is 4.31 Å². The van der Waals surface area contributed by atoms with Gasteiger partial charge in [0.15, 0.2) is 0 Å². The van der Waals surface area contributed by atoms with Crippen LogP contribution in [-0.4, -0.2) is 50.1 Å². The highest BCUT2D eigenvalue weighted by molar-refractivity contribution is 7.89. The molecule has 2 unspecified atom stereocenters. The van der Waals surface area contributed by atoms with Crippen molar-refractivity contribution in [1.29, 1.82) is 0 Å². The summed E-state index contributed by atoms with van der Waals surface area (Å²) in [6.45, 7) is 1.48. The molecule has 2 atom stereocenters. The molecule has 116 valence electrons. The predicted molar refractivity (Wildman–Crippen MR) is 71.8 cm³/mol. The van der Waals surface area contributed by atoms with Crippen molar-refractivity contribution in [2.45, 2.75) is 17.9 Å². The molecule has 1 fully saturated rings. The Morgan fingerprint density at radius 2 is 2.10 bits per heavy atom. The third-order valence-corrected chi connectivity index (χ3v) is 5.67. The van der Waals surface area contributed by atoms with Gasteiger partial charge >= 0.3 is 5.97 Å². The molecule has 0 amide bonds. The van der Waals surface area contributed by atoms with Crippen LogP contribution in [0, 0.1) is 18.7 Å². The van der Waals surface area contributed by atoms with E-state index in [0.29, 0.717) is 0 Å². The summed E-state index contributed by atoms with van der Waals surface area (Å²) in [4.78, 5) is 11.1. The van der Waals surface area contributed by atoms with Crippen LogP contribution >= 0.6 is 0 Å². The van der Waals surface area contributed by atoms with Crippen LogP contribution in [0.3, 0.4) is 0 Å². The first-order valence-corrected chi connectivity index (χ1v) is 7.74. The largest absolute Gasteiger partial charge is 0.481 e. The number of aliphatic carboxylic acids is 1. The Labute approximate surface area is 122 Å². The maximum Gasteiger partial charge on any atom is 0.310 e. The van der Waals surface area contributed by atoms with E-state index in [-0.39, 0.29) is 23.7 Å². The molecule has 1 aliphatic rings. The van der Waals surface area contributed by atoms with Crippen LogP contribution in [0.4, 0.5) is 4.39 Å². The van der Waals surface area contributed by atoms with Gasteiger partial charge in [0.2, 0.25) is 10.0 Å². The lowest BCUT2D eigenvalue weighted by atomic mass is 10.1. The molecule has 0 bridgehead atoms. The van der Waals surface area contributed by atoms with Gasteiger partial charge in [-0.25, -0.2) is 12.8 Å². The number of nitrogens with zero attached hydrogens (tertiary/aromatic N) is 1. The van der Waals surface area contributed by atoms with Gasteiger partial charge in [0, 0.05) is 7.05 Å². The van der Waals surface area contributed by atoms with Crippen molar-refractivity contribution in [3.63, 3.8) is 0 Å². The summed E-state index contributed by atoms with van der Waals surface area (Å²) >= 11 is 0. The third kappa shape index (κ3) is 2.92. The van der Waals surface area contributed by atoms with E-state index < -0.39 is 33.8 Å². The Morgan fingerprint density at radius 3 is 2.67 bits per heavy atom. The van der Waals surface area contributed by atoms with Crippen LogP contribution in [0.5, 0.6) is 0 Å². The molecule has 0 saturated carbocycles. The van der Waals surface area contributed by atoms with Gasteiger partial charge in [0.1, 0.15) is 5.82 Å². The summed E-state index contributed by atoms with van der Waals surface area (Å²) in [5.74, 6) is -2.54. The minimum absolute atomic E-state index is 0.0208. The molecule has 1 heterocycles. The van der Waals surface area contributed by atoms with Gasteiger partial charge in [-0.1, -0.05) is 0 Å². The van der Waals surface area contributed by atoms with Crippen molar-refractivity contribution in [2.24, 2.45) is 5.92 Å². The first-order valence-electron chi connectivity index (χ1n) is 6.30. The van der Waals surface area contributed by atoms with Gasteiger partial charge in [-0.2, -0.15) is 4.31 Å². The zero-order chi connectivity index (χ0) is 15.8. The summed E-state index contributed by atoms with van der Waals surface area (Å²) in [5.41, 5.74) is 0.271. The van der Waals surface area contributed by atoms with E-state index in [1.807, 2.05) is 0 Å². The van der Waals surface area contributed by atoms with Crippen LogP contribution in [0.25, 0.3) is 0 Å². The van der Waals surface area contributed by atoms with Gasteiger partial charge in [-0.15, -0.1) is 0 Å². The number of likely N-dealkylation sites (N-methyl/N-ethyl adjacent to an activating group) is 1. The lowest BCUT2D eigenvalue weighted by molar-refractivity contribution is -0.142. The van der Waals surface area contributed by atoms with Gasteiger partial charge in [0.25, 0.3) is 0 Å². The van der Waals surface area contributed by atoms with Gasteiger partial charge in [0.05, 0.1) is 30.1 Å². The Kier molecular flexibility index (Phi) is 4.31. The minimum Gasteiger partial charge on any atom is -0.481 e. The summed E-state index contributed by atoms with van der Waals surface area (Å²) in [7, 11) is -2.60. The minimum atomic E-state index is -3.91. The topological polar surface area (TPSA) is 83.9 Å². The number of sulfonamides is 1. The Morgan fingerprint density at radius 1 is 1.43 bits per heavy atom. The summed E-state index contributed by atoms with van der Waals surface area (Å²) in [5, 5.41) is 9.11. The molecule has 1 aromatic rings. The molecule has 21 heavy (non-hydrogen) atoms. The van der Waals surface area contributed by atoms with E-state index in [1.165, 1.54) is 20.0 Å². The third-order valence-electron chi connectivity index (χ3n) is 3.63. The fourth-order valence-electron chi connectivity index (χ4n) is 2.37. The van der Waals surface area contributed by atoms with Crippen molar-refractivity contribution in [3.8, 4) is 0 Å². The molecular weight excluding hydrogens is 301 g/mol. The second-order valence-electron chi connectivity index (χ2n) is 4.98. The number of carboxylic acid groups (broad SMARTS) is 1. The molecule has 0 aliphatic carbocycles. The van der Waals surface area contributed by atoms with E-state index in [2.05, 4.69) is 0 Å². The average Bonchev–Trinajstić information content (AvgIpc) is 2.86. The molecule has 0 aromatic heterocycles. The van der Waals surface area contributed by atoms with Crippen LogP contribution < -0.4 is 0 Å². The van der Waals surface area contributed by atoms with E-state index >= 15 is 0 Å². The van der Waals surface area contributed by atoms with E-state index in [1.54, 1.807) is 0 Å². The normalized spacial score (nSPS) is 22.7. The highest BCUT2D eigenvalue weighted by Gasteiger charge is 2.41. The van der Waals surface area contributed by atoms with Crippen LogP contribution in [-0.2, 0) is 19.6 Å². The summed E-state index contributed by atoms with van der Waals surface area (Å²) in [6.07, 6.45) is 0. The SMILES string of the molecule is Cc1cc(F)ccc1S(=O)(=O)N(C)C1COCC1C(=O)O. The molecular formula is C13H16FNO5S. The number of rotatable bonds is 4. The molecule has 1 N–H and O–H groups in total. The summed E-state index contributed by atoms with van der Waals surface area (Å²) < 4.78 is 44.3. The lowest BCUT2D eigenvalue weighted by Crippen LogP contribution is -2.44. The molecule has 1 saturated heterocycles. The second-order valence-corrected chi connectivity index (χ2v) is 6.95. The molecule has 1 aromatic carbocycles. The fraction of sp³-hybridized carbons (Fsp3) is 0.462. The van der Waals surface area contributed by atoms with E-state index in [4.69, 9.17) is 9.84 Å². The van der Waals surface area contributed by atoms with Crippen molar-refractivity contribution < 1.29 is 27.4 Å². The molecule has 0 radical (unpaired) electrons. The zero-order valence-corrected chi connectivity index (χ0v) is 12.4. The quantitative estimate of drug-likeness (QED) is 0.890. The van der Waals surface area contributed by atoms with Crippen molar-refractivity contribution >= 4 is 16.0 Å². The molecule has 2 rings (SSSR count). The molecule has 6 nitrogen and oxygen atoms in total. The highest BCUT2D eigenvalue weighted by Crippen LogP contribution is 2.26. The number of ether oxygens (including phenoxy) is 1. The first-order chi connectivity index (χ1) is 9.75. The summed E-state index contributed by atoms with van der Waals surface area (Å²) in [6, 6.07) is 2.59. The monoisotopic (exact) mass is 317 g/mol. The van der Waals surface area contributed by atoms with Crippen molar-refractivity contribution in [2.75, 3.05) is 20.3 Å².